The molecule has 1 aliphatic heterocycles. The highest BCUT2D eigenvalue weighted by Gasteiger charge is 2.53. The number of nitrogens with one attached hydrogen (secondary N) is 1. The van der Waals surface area contributed by atoms with Crippen molar-refractivity contribution in [2.45, 2.75) is 51.0 Å². The lowest BCUT2D eigenvalue weighted by Crippen LogP contribution is -2.65. The normalized spacial score (nSPS) is 20.6. The monoisotopic (exact) mass is 654 g/mol. The van der Waals surface area contributed by atoms with E-state index in [1.807, 2.05) is 6.07 Å². The van der Waals surface area contributed by atoms with E-state index in [1.165, 1.54) is 37.4 Å². The number of halogens is 1. The minimum absolute atomic E-state index is 0.0488. The second kappa shape index (κ2) is 12.9. The fourth-order valence-corrected chi connectivity index (χ4v) is 5.35. The molecule has 1 aromatic heterocycles. The number of hydrogen-bond donors (Lipinski definition) is 4. The first-order valence-corrected chi connectivity index (χ1v) is 14.3. The van der Waals surface area contributed by atoms with Crippen LogP contribution in [0.4, 0.5) is 10.5 Å². The number of hydrogen-bond acceptors (Lipinski definition) is 11. The summed E-state index contributed by atoms with van der Waals surface area (Å²) in [6.07, 6.45) is -6.12. The molecule has 0 saturated carbocycles. The summed E-state index contributed by atoms with van der Waals surface area (Å²) in [5.74, 6) is -0.454. The van der Waals surface area contributed by atoms with E-state index in [-0.39, 0.29) is 38.6 Å². The van der Waals surface area contributed by atoms with Crippen LogP contribution >= 0.6 is 11.6 Å². The van der Waals surface area contributed by atoms with Crippen LogP contribution in [0.2, 0.25) is 5.02 Å². The van der Waals surface area contributed by atoms with Crippen LogP contribution in [-0.2, 0) is 14.2 Å². The molecule has 46 heavy (non-hydrogen) atoms. The molecule has 13 nitrogen and oxygen atoms in total. The molecule has 4 atom stereocenters. The highest BCUT2D eigenvalue weighted by molar-refractivity contribution is 6.32. The molecule has 1 saturated heterocycles. The van der Waals surface area contributed by atoms with Gasteiger partial charge in [0.1, 0.15) is 28.9 Å². The van der Waals surface area contributed by atoms with Crippen molar-refractivity contribution >= 4 is 40.3 Å². The summed E-state index contributed by atoms with van der Waals surface area (Å²) >= 11 is 6.25. The Kier molecular flexibility index (Phi) is 9.13. The van der Waals surface area contributed by atoms with Gasteiger partial charge in [0.05, 0.1) is 16.0 Å². The predicted molar refractivity (Wildman–Crippen MR) is 166 cm³/mol. The van der Waals surface area contributed by atoms with Crippen LogP contribution in [0.5, 0.6) is 23.0 Å². The largest absolute Gasteiger partial charge is 0.505 e. The van der Waals surface area contributed by atoms with E-state index in [0.717, 1.165) is 0 Å². The molecule has 2 amide bonds. The van der Waals surface area contributed by atoms with Crippen LogP contribution < -0.4 is 26.1 Å². The Morgan fingerprint density at radius 3 is 2.46 bits per heavy atom. The first-order chi connectivity index (χ1) is 21.8. The van der Waals surface area contributed by atoms with Crippen LogP contribution in [0.25, 0.3) is 11.0 Å². The Morgan fingerprint density at radius 2 is 1.78 bits per heavy atom. The lowest BCUT2D eigenvalue weighted by atomic mass is 9.89. The number of aliphatic hydroxyl groups excluding tert-OH is 1. The lowest BCUT2D eigenvalue weighted by molar-refractivity contribution is -0.304. The molecular formula is C32H31ClN2O11. The quantitative estimate of drug-likeness (QED) is 0.190. The van der Waals surface area contributed by atoms with Crippen LogP contribution in [0.1, 0.15) is 29.8 Å². The van der Waals surface area contributed by atoms with E-state index in [4.69, 9.17) is 45.4 Å². The highest BCUT2D eigenvalue weighted by atomic mass is 35.5. The fourth-order valence-electron chi connectivity index (χ4n) is 5.20. The molecule has 0 aliphatic carbocycles. The van der Waals surface area contributed by atoms with Gasteiger partial charge in [0.15, 0.2) is 23.6 Å². The molecule has 5 rings (SSSR count). The van der Waals surface area contributed by atoms with Gasteiger partial charge in [0, 0.05) is 18.2 Å². The fraction of sp³-hybridized carbons (Fsp3) is 0.281. The van der Waals surface area contributed by atoms with Crippen molar-refractivity contribution in [2.75, 3.05) is 12.4 Å². The van der Waals surface area contributed by atoms with Gasteiger partial charge in [-0.2, -0.15) is 0 Å². The van der Waals surface area contributed by atoms with Crippen LogP contribution in [0.3, 0.4) is 0 Å². The van der Waals surface area contributed by atoms with Gasteiger partial charge in [-0.1, -0.05) is 29.8 Å². The first kappa shape index (κ1) is 32.6. The molecule has 4 aromatic rings. The number of primary amides is 1. The number of carbonyl (C=O) groups is 2. The molecule has 1 fully saturated rings. The molecule has 2 heterocycles. The number of ether oxygens (including phenoxy) is 5. The lowest BCUT2D eigenvalue weighted by Gasteiger charge is -2.47. The first-order valence-electron chi connectivity index (χ1n) is 13.9. The SMILES string of the molecule is CO[C@@H]1[C@@H](OC(N)=O)[C@@H](O)[C@H](Oc2ccc3c(O)c(NC(=O)c4ccc(Cl)c(Oc5ccccc5)c4)c(=O)oc3c2C)OC1(C)C. The average Bonchev–Trinajstić information content (AvgIpc) is 3.00. The van der Waals surface area contributed by atoms with Crippen molar-refractivity contribution in [3.8, 4) is 23.0 Å². The van der Waals surface area contributed by atoms with Gasteiger partial charge in [-0.3, -0.25) is 4.79 Å². The van der Waals surface area contributed by atoms with Crippen molar-refractivity contribution in [1.82, 2.24) is 0 Å². The Labute approximate surface area is 267 Å². The van der Waals surface area contributed by atoms with Crippen LogP contribution in [-0.4, -0.2) is 59.5 Å². The number of aryl methyl sites for hydroxylation is 1. The Morgan fingerprint density at radius 1 is 1.07 bits per heavy atom. The molecule has 242 valence electrons. The molecule has 0 radical (unpaired) electrons. The maximum atomic E-state index is 13.1. The van der Waals surface area contributed by atoms with Crippen molar-refractivity contribution in [3.63, 3.8) is 0 Å². The van der Waals surface area contributed by atoms with Gasteiger partial charge in [-0.15, -0.1) is 0 Å². The minimum Gasteiger partial charge on any atom is -0.505 e. The second-order valence-corrected chi connectivity index (χ2v) is 11.4. The number of rotatable bonds is 8. The summed E-state index contributed by atoms with van der Waals surface area (Å²) in [6.45, 7) is 4.86. The number of aromatic hydroxyl groups is 1. The van der Waals surface area contributed by atoms with E-state index >= 15 is 0 Å². The number of nitrogens with two attached hydrogens (primary N) is 1. The van der Waals surface area contributed by atoms with Gasteiger partial charge in [-0.25, -0.2) is 9.59 Å². The van der Waals surface area contributed by atoms with E-state index in [9.17, 15) is 24.6 Å². The Bertz CT molecular complexity index is 1840. The molecule has 0 unspecified atom stereocenters. The maximum absolute atomic E-state index is 13.1. The van der Waals surface area contributed by atoms with Gasteiger partial charge >= 0.3 is 11.7 Å². The maximum Gasteiger partial charge on any atom is 0.404 e. The minimum atomic E-state index is -1.52. The van der Waals surface area contributed by atoms with Gasteiger partial charge in [0.2, 0.25) is 6.29 Å². The zero-order chi connectivity index (χ0) is 33.3. The molecule has 1 aliphatic rings. The summed E-state index contributed by atoms with van der Waals surface area (Å²) in [6, 6.07) is 16.0. The predicted octanol–water partition coefficient (Wildman–Crippen LogP) is 4.86. The molecule has 5 N–H and O–H groups in total. The van der Waals surface area contributed by atoms with Crippen LogP contribution in [0.15, 0.2) is 69.9 Å². The number of carbonyl (C=O) groups excluding carboxylic acids is 2. The van der Waals surface area contributed by atoms with Gasteiger partial charge in [0.25, 0.3) is 5.91 Å². The average molecular weight is 655 g/mol. The summed E-state index contributed by atoms with van der Waals surface area (Å²) in [4.78, 5) is 37.7. The highest BCUT2D eigenvalue weighted by Crippen LogP contribution is 2.39. The summed E-state index contributed by atoms with van der Waals surface area (Å²) in [5, 5.41) is 24.7. The zero-order valence-corrected chi connectivity index (χ0v) is 25.9. The Balaban J connectivity index is 1.41. The third-order valence-corrected chi connectivity index (χ3v) is 7.73. The number of aliphatic hydroxyl groups is 1. The van der Waals surface area contributed by atoms with E-state index in [1.54, 1.807) is 45.0 Å². The second-order valence-electron chi connectivity index (χ2n) is 10.9. The molecule has 0 bridgehead atoms. The molecule has 3 aromatic carbocycles. The third-order valence-electron chi connectivity index (χ3n) is 7.42. The topological polar surface area (TPSA) is 189 Å². The number of fused-ring (bicyclic) bond motifs is 1. The Hall–Kier alpha value is -4.82. The van der Waals surface area contributed by atoms with Crippen molar-refractivity contribution in [2.24, 2.45) is 5.73 Å². The summed E-state index contributed by atoms with van der Waals surface area (Å²) in [7, 11) is 1.37. The number of amides is 2. The van der Waals surface area contributed by atoms with Crippen molar-refractivity contribution in [3.05, 3.63) is 87.2 Å². The number of methoxy groups -OCH3 is 1. The molecule has 0 spiro atoms. The van der Waals surface area contributed by atoms with Gasteiger partial charge in [-0.05, 0) is 63.2 Å². The number of para-hydroxylation sites is 1. The number of anilines is 1. The summed E-state index contributed by atoms with van der Waals surface area (Å²) in [5.41, 5.74) is 2.89. The smallest absolute Gasteiger partial charge is 0.404 e. The molecule has 14 heteroatoms. The summed E-state index contributed by atoms with van der Waals surface area (Å²) < 4.78 is 33.7. The van der Waals surface area contributed by atoms with E-state index < -0.39 is 59.3 Å². The van der Waals surface area contributed by atoms with E-state index in [0.29, 0.717) is 5.75 Å². The van der Waals surface area contributed by atoms with Crippen molar-refractivity contribution in [1.29, 1.82) is 0 Å². The van der Waals surface area contributed by atoms with Gasteiger partial charge < -0.3 is 49.4 Å². The van der Waals surface area contributed by atoms with E-state index in [2.05, 4.69) is 5.32 Å². The standard InChI is InChI=1S/C32H31ClN2O11/c1-15-20(43-30-24(37)26(45-31(34)40)27(41-4)32(2,3)46-30)13-11-18-23(36)22(29(39)44-25(15)18)35-28(38)16-10-12-19(33)21(14-16)42-17-8-6-5-7-9-17/h5-14,24,26-27,30,36-37H,1-4H3,(H2,34,40)(H,35,38)/t24-,26+,27-,30-/m1/s1. The van der Waals surface area contributed by atoms with Crippen LogP contribution in [0, 0.1) is 6.92 Å². The van der Waals surface area contributed by atoms with Crippen molar-refractivity contribution < 1.29 is 47.9 Å². The molecular weight excluding hydrogens is 624 g/mol. The zero-order valence-electron chi connectivity index (χ0n) is 25.1. The number of benzene rings is 3. The third kappa shape index (κ3) is 6.44.